The second-order valence-corrected chi connectivity index (χ2v) is 9.22. The molecule has 1 heterocycles. The number of methoxy groups -OCH3 is 4. The second-order valence-electron chi connectivity index (χ2n) is 8.19. The van der Waals surface area contributed by atoms with E-state index >= 15 is 0 Å². The maximum absolute atomic E-state index is 13.7. The van der Waals surface area contributed by atoms with Gasteiger partial charge in [0.15, 0.2) is 11.5 Å². The van der Waals surface area contributed by atoms with Crippen molar-refractivity contribution in [2.24, 2.45) is 0 Å². The molecule has 0 bridgehead atoms. The molecule has 8 nitrogen and oxygen atoms in total. The first kappa shape index (κ1) is 25.8. The van der Waals surface area contributed by atoms with E-state index in [0.717, 1.165) is 30.6 Å². The van der Waals surface area contributed by atoms with Crippen LogP contribution in [0, 0.1) is 0 Å². The molecule has 1 N–H and O–H groups in total. The summed E-state index contributed by atoms with van der Waals surface area (Å²) in [6, 6.07) is 6.53. The summed E-state index contributed by atoms with van der Waals surface area (Å²) in [5.74, 6) is 0.898. The molecular formula is C25H34N2O6S. The molecule has 0 saturated heterocycles. The van der Waals surface area contributed by atoms with Gasteiger partial charge < -0.3 is 29.2 Å². The van der Waals surface area contributed by atoms with Crippen LogP contribution in [-0.4, -0.2) is 64.3 Å². The minimum Gasteiger partial charge on any atom is -0.493 e. The topological polar surface area (TPSA) is 86.3 Å². The van der Waals surface area contributed by atoms with E-state index < -0.39 is 6.04 Å². The minimum absolute atomic E-state index is 0.105. The molecule has 1 aliphatic rings. The van der Waals surface area contributed by atoms with E-state index in [1.54, 1.807) is 24.1 Å². The number of rotatable bonds is 12. The normalized spacial score (nSPS) is 14.5. The van der Waals surface area contributed by atoms with Gasteiger partial charge in [-0.05, 0) is 42.0 Å². The van der Waals surface area contributed by atoms with Gasteiger partial charge in [-0.15, -0.1) is 11.3 Å². The summed E-state index contributed by atoms with van der Waals surface area (Å²) < 4.78 is 21.8. The fourth-order valence-corrected chi connectivity index (χ4v) is 5.03. The molecule has 1 aliphatic carbocycles. The Morgan fingerprint density at radius 1 is 1.09 bits per heavy atom. The van der Waals surface area contributed by atoms with Gasteiger partial charge in [0.2, 0.25) is 17.6 Å². The Balaban J connectivity index is 2.04. The maximum Gasteiger partial charge on any atom is 0.247 e. The lowest BCUT2D eigenvalue weighted by Crippen LogP contribution is -2.47. The first-order chi connectivity index (χ1) is 16.5. The monoisotopic (exact) mass is 490 g/mol. The third kappa shape index (κ3) is 6.21. The van der Waals surface area contributed by atoms with Crippen LogP contribution in [0.1, 0.15) is 42.2 Å². The number of nitrogens with zero attached hydrogens (tertiary/aromatic N) is 1. The van der Waals surface area contributed by atoms with Gasteiger partial charge in [-0.3, -0.25) is 9.59 Å². The van der Waals surface area contributed by atoms with Crippen LogP contribution in [-0.2, 0) is 20.7 Å². The van der Waals surface area contributed by atoms with Crippen LogP contribution in [0.2, 0.25) is 0 Å². The number of ether oxygens (including phenoxy) is 4. The van der Waals surface area contributed by atoms with Crippen molar-refractivity contribution in [1.29, 1.82) is 0 Å². The quantitative estimate of drug-likeness (QED) is 0.489. The van der Waals surface area contributed by atoms with E-state index in [1.807, 2.05) is 17.5 Å². The zero-order chi connectivity index (χ0) is 24.5. The molecule has 0 spiro atoms. The van der Waals surface area contributed by atoms with Crippen molar-refractivity contribution >= 4 is 23.2 Å². The molecule has 1 atom stereocenters. The average Bonchev–Trinajstić information content (AvgIpc) is 3.55. The smallest absolute Gasteiger partial charge is 0.247 e. The molecule has 1 aromatic heterocycles. The number of amides is 2. The minimum atomic E-state index is -0.878. The molecule has 0 radical (unpaired) electrons. The lowest BCUT2D eigenvalue weighted by Gasteiger charge is -2.32. The Bertz CT molecular complexity index is 918. The van der Waals surface area contributed by atoms with Crippen molar-refractivity contribution in [2.45, 2.75) is 44.2 Å². The molecule has 0 aliphatic heterocycles. The Labute approximate surface area is 205 Å². The van der Waals surface area contributed by atoms with Gasteiger partial charge in [-0.25, -0.2) is 0 Å². The Morgan fingerprint density at radius 3 is 2.29 bits per heavy atom. The van der Waals surface area contributed by atoms with Crippen LogP contribution in [0.3, 0.4) is 0 Å². The van der Waals surface area contributed by atoms with E-state index in [4.69, 9.17) is 18.9 Å². The van der Waals surface area contributed by atoms with Gasteiger partial charge in [0.25, 0.3) is 0 Å². The maximum atomic E-state index is 13.7. The third-order valence-corrected chi connectivity index (χ3v) is 6.90. The Morgan fingerprint density at radius 2 is 1.76 bits per heavy atom. The van der Waals surface area contributed by atoms with Gasteiger partial charge in [0.1, 0.15) is 6.04 Å². The Hall–Kier alpha value is -2.78. The molecular weight excluding hydrogens is 456 g/mol. The Kier molecular flexibility index (Phi) is 9.59. The van der Waals surface area contributed by atoms with Crippen molar-refractivity contribution in [3.05, 3.63) is 40.1 Å². The van der Waals surface area contributed by atoms with Crippen molar-refractivity contribution < 1.29 is 28.5 Å². The van der Waals surface area contributed by atoms with Gasteiger partial charge in [-0.2, -0.15) is 0 Å². The first-order valence-electron chi connectivity index (χ1n) is 11.4. The van der Waals surface area contributed by atoms with Crippen LogP contribution in [0.15, 0.2) is 29.6 Å². The molecule has 1 fully saturated rings. The molecule has 186 valence electrons. The van der Waals surface area contributed by atoms with E-state index in [2.05, 4.69) is 5.32 Å². The van der Waals surface area contributed by atoms with E-state index in [1.165, 1.54) is 32.7 Å². The summed E-state index contributed by atoms with van der Waals surface area (Å²) in [6.45, 7) is 0.563. The standard InChI is InChI=1S/C25H34N2O6S/c1-30-12-11-27(22(28)16-19-10-7-13-34-19)23(25(29)26-18-8-5-6-9-18)17-14-20(31-2)24(33-4)21(15-17)32-3/h7,10,13-15,18,23H,5-6,8-9,11-12,16H2,1-4H3,(H,26,29)/t23-/m0/s1. The number of carbonyl (C=O) groups excluding carboxylic acids is 2. The second kappa shape index (κ2) is 12.6. The van der Waals surface area contributed by atoms with Crippen LogP contribution in [0.4, 0.5) is 0 Å². The van der Waals surface area contributed by atoms with Crippen molar-refractivity contribution in [3.63, 3.8) is 0 Å². The lowest BCUT2D eigenvalue weighted by molar-refractivity contribution is -0.141. The third-order valence-electron chi connectivity index (χ3n) is 6.03. The van der Waals surface area contributed by atoms with Gasteiger partial charge >= 0.3 is 0 Å². The molecule has 0 unspecified atom stereocenters. The number of thiophene rings is 1. The zero-order valence-corrected chi connectivity index (χ0v) is 21.1. The van der Waals surface area contributed by atoms with Gasteiger partial charge in [0, 0.05) is 24.6 Å². The molecule has 9 heteroatoms. The molecule has 1 saturated carbocycles. The highest BCUT2D eigenvalue weighted by molar-refractivity contribution is 7.10. The van der Waals surface area contributed by atoms with Gasteiger partial charge in [-0.1, -0.05) is 18.9 Å². The number of nitrogens with one attached hydrogen (secondary N) is 1. The van der Waals surface area contributed by atoms with Crippen LogP contribution in [0.25, 0.3) is 0 Å². The largest absolute Gasteiger partial charge is 0.493 e. The number of carbonyl (C=O) groups is 2. The molecule has 1 aromatic carbocycles. The first-order valence-corrected chi connectivity index (χ1v) is 12.3. The number of benzene rings is 1. The average molecular weight is 491 g/mol. The summed E-state index contributed by atoms with van der Waals surface area (Å²) in [6.07, 6.45) is 4.26. The predicted molar refractivity (Wildman–Crippen MR) is 131 cm³/mol. The SMILES string of the molecule is COCCN(C(=O)Cc1cccs1)[C@H](C(=O)NC1CCCC1)c1cc(OC)c(OC)c(OC)c1. The van der Waals surface area contributed by atoms with Crippen molar-refractivity contribution in [1.82, 2.24) is 10.2 Å². The molecule has 2 aromatic rings. The highest BCUT2D eigenvalue weighted by atomic mass is 32.1. The fourth-order valence-electron chi connectivity index (χ4n) is 4.33. The number of hydrogen-bond acceptors (Lipinski definition) is 7. The van der Waals surface area contributed by atoms with Crippen LogP contribution in [0.5, 0.6) is 17.2 Å². The molecule has 34 heavy (non-hydrogen) atoms. The lowest BCUT2D eigenvalue weighted by atomic mass is 10.0. The van der Waals surface area contributed by atoms with E-state index in [9.17, 15) is 9.59 Å². The van der Waals surface area contributed by atoms with Crippen molar-refractivity contribution in [3.8, 4) is 17.2 Å². The summed E-state index contributed by atoms with van der Waals surface area (Å²) >= 11 is 1.52. The van der Waals surface area contributed by atoms with Crippen LogP contribution < -0.4 is 19.5 Å². The highest BCUT2D eigenvalue weighted by Gasteiger charge is 2.34. The van der Waals surface area contributed by atoms with Crippen LogP contribution >= 0.6 is 11.3 Å². The number of hydrogen-bond donors (Lipinski definition) is 1. The zero-order valence-electron chi connectivity index (χ0n) is 20.3. The highest BCUT2D eigenvalue weighted by Crippen LogP contribution is 2.41. The summed E-state index contributed by atoms with van der Waals surface area (Å²) in [7, 11) is 6.16. The molecule has 2 amide bonds. The van der Waals surface area contributed by atoms with E-state index in [-0.39, 0.29) is 30.8 Å². The fraction of sp³-hybridized carbons (Fsp3) is 0.520. The van der Waals surface area contributed by atoms with Crippen molar-refractivity contribution in [2.75, 3.05) is 41.6 Å². The summed E-state index contributed by atoms with van der Waals surface area (Å²) in [4.78, 5) is 29.8. The van der Waals surface area contributed by atoms with E-state index in [0.29, 0.717) is 29.4 Å². The summed E-state index contributed by atoms with van der Waals surface area (Å²) in [5, 5.41) is 5.10. The molecule has 3 rings (SSSR count). The predicted octanol–water partition coefficient (Wildman–Crippen LogP) is 3.59. The summed E-state index contributed by atoms with van der Waals surface area (Å²) in [5.41, 5.74) is 0.584. The van der Waals surface area contributed by atoms with Gasteiger partial charge in [0.05, 0.1) is 34.4 Å².